The molecule has 0 aliphatic heterocycles. The predicted molar refractivity (Wildman–Crippen MR) is 109 cm³/mol. The zero-order valence-electron chi connectivity index (χ0n) is 13.5. The maximum absolute atomic E-state index is 12.9. The van der Waals surface area contributed by atoms with Gasteiger partial charge in [0.05, 0.1) is 11.4 Å². The zero-order chi connectivity index (χ0) is 16.8. The van der Waals surface area contributed by atoms with Crippen molar-refractivity contribution >= 4 is 35.6 Å². The fourth-order valence-electron chi connectivity index (χ4n) is 2.23. The number of para-hydroxylation sites is 1. The Bertz CT molecular complexity index is 815. The van der Waals surface area contributed by atoms with Gasteiger partial charge in [0.15, 0.2) is 5.96 Å². The van der Waals surface area contributed by atoms with E-state index in [2.05, 4.69) is 15.4 Å². The number of nitrogens with zero attached hydrogens (tertiary/aromatic N) is 3. The van der Waals surface area contributed by atoms with Gasteiger partial charge in [0.25, 0.3) is 0 Å². The van der Waals surface area contributed by atoms with E-state index in [9.17, 15) is 4.39 Å². The van der Waals surface area contributed by atoms with Gasteiger partial charge in [-0.2, -0.15) is 5.10 Å². The van der Waals surface area contributed by atoms with E-state index in [0.29, 0.717) is 18.9 Å². The van der Waals surface area contributed by atoms with Crippen LogP contribution in [0.2, 0.25) is 0 Å². The van der Waals surface area contributed by atoms with Crippen LogP contribution in [-0.4, -0.2) is 22.3 Å². The minimum atomic E-state index is -0.262. The van der Waals surface area contributed by atoms with E-state index in [-0.39, 0.29) is 29.8 Å². The number of nitrogens with two attached hydrogens (primary N) is 1. The van der Waals surface area contributed by atoms with Crippen LogP contribution in [0.1, 0.15) is 5.69 Å². The standard InChI is InChI=1S/C18H18FN5.HI/c19-14-6-8-17(9-7-14)24-13-11-16(23-24)10-12-21-18(20)22-15-4-2-1-3-5-15;/h1-9,11,13H,10,12H2,(H3,20,21,22);1H. The van der Waals surface area contributed by atoms with E-state index in [1.807, 2.05) is 42.6 Å². The molecule has 0 saturated carbocycles. The van der Waals surface area contributed by atoms with E-state index in [4.69, 9.17) is 5.73 Å². The summed E-state index contributed by atoms with van der Waals surface area (Å²) in [5, 5.41) is 7.49. The second-order valence-corrected chi connectivity index (χ2v) is 5.24. The van der Waals surface area contributed by atoms with E-state index in [1.165, 1.54) is 12.1 Å². The van der Waals surface area contributed by atoms with Crippen LogP contribution >= 0.6 is 24.0 Å². The summed E-state index contributed by atoms with van der Waals surface area (Å²) < 4.78 is 14.7. The quantitative estimate of drug-likeness (QED) is 0.354. The topological polar surface area (TPSA) is 68.2 Å². The summed E-state index contributed by atoms with van der Waals surface area (Å²) >= 11 is 0. The summed E-state index contributed by atoms with van der Waals surface area (Å²) in [4.78, 5) is 4.29. The number of halogens is 2. The first-order valence-electron chi connectivity index (χ1n) is 7.63. The Hall–Kier alpha value is -2.42. The lowest BCUT2D eigenvalue weighted by atomic mass is 10.3. The second kappa shape index (κ2) is 9.16. The molecule has 2 aromatic carbocycles. The fraction of sp³-hybridized carbons (Fsp3) is 0.111. The molecule has 3 aromatic rings. The fourth-order valence-corrected chi connectivity index (χ4v) is 2.23. The molecule has 0 fully saturated rings. The first-order chi connectivity index (χ1) is 11.7. The van der Waals surface area contributed by atoms with Gasteiger partial charge in [-0.15, -0.1) is 24.0 Å². The third-order valence-corrected chi connectivity index (χ3v) is 3.43. The van der Waals surface area contributed by atoms with Crippen LogP contribution in [0.5, 0.6) is 0 Å². The Labute approximate surface area is 162 Å². The molecule has 0 atom stereocenters. The number of hydrogen-bond acceptors (Lipinski definition) is 2. The SMILES string of the molecule is I.NC(=NCCc1ccn(-c2ccc(F)cc2)n1)Nc1ccccc1. The monoisotopic (exact) mass is 451 g/mol. The Morgan fingerprint density at radius 3 is 2.52 bits per heavy atom. The number of guanidine groups is 1. The van der Waals surface area contributed by atoms with Gasteiger partial charge >= 0.3 is 0 Å². The highest BCUT2D eigenvalue weighted by atomic mass is 127. The molecule has 0 amide bonds. The molecule has 0 radical (unpaired) electrons. The normalized spacial score (nSPS) is 11.0. The molecule has 1 aromatic heterocycles. The highest BCUT2D eigenvalue weighted by Crippen LogP contribution is 2.09. The van der Waals surface area contributed by atoms with E-state index < -0.39 is 0 Å². The van der Waals surface area contributed by atoms with Gasteiger partial charge in [-0.1, -0.05) is 18.2 Å². The van der Waals surface area contributed by atoms with Crippen molar-refractivity contribution in [3.63, 3.8) is 0 Å². The molecule has 3 N–H and O–H groups in total. The van der Waals surface area contributed by atoms with Crippen molar-refractivity contribution in [3.8, 4) is 5.69 Å². The number of hydrogen-bond donors (Lipinski definition) is 2. The number of benzene rings is 2. The highest BCUT2D eigenvalue weighted by molar-refractivity contribution is 14.0. The average Bonchev–Trinajstić information content (AvgIpc) is 3.05. The van der Waals surface area contributed by atoms with Gasteiger partial charge in [0.2, 0.25) is 0 Å². The summed E-state index contributed by atoms with van der Waals surface area (Å²) in [5.41, 5.74) is 8.48. The van der Waals surface area contributed by atoms with Gasteiger partial charge in [-0.3, -0.25) is 4.99 Å². The van der Waals surface area contributed by atoms with Gasteiger partial charge in [0.1, 0.15) is 5.82 Å². The summed E-state index contributed by atoms with van der Waals surface area (Å²) in [7, 11) is 0. The van der Waals surface area contributed by atoms with Crippen LogP contribution in [0.4, 0.5) is 10.1 Å². The molecule has 7 heteroatoms. The molecule has 0 bridgehead atoms. The van der Waals surface area contributed by atoms with Gasteiger partial charge in [0, 0.05) is 24.8 Å². The number of aliphatic imine (C=N–C) groups is 1. The highest BCUT2D eigenvalue weighted by Gasteiger charge is 2.02. The van der Waals surface area contributed by atoms with Crippen LogP contribution in [-0.2, 0) is 6.42 Å². The summed E-state index contributed by atoms with van der Waals surface area (Å²) in [6, 6.07) is 17.8. The minimum absolute atomic E-state index is 0. The Kier molecular flexibility index (Phi) is 6.93. The largest absolute Gasteiger partial charge is 0.370 e. The van der Waals surface area contributed by atoms with E-state index in [1.54, 1.807) is 16.8 Å². The Morgan fingerprint density at radius 2 is 1.80 bits per heavy atom. The third kappa shape index (κ3) is 5.56. The predicted octanol–water partition coefficient (Wildman–Crippen LogP) is 3.60. The van der Waals surface area contributed by atoms with Gasteiger partial charge in [-0.25, -0.2) is 9.07 Å². The first kappa shape index (κ1) is 18.9. The van der Waals surface area contributed by atoms with Crippen molar-refractivity contribution < 1.29 is 4.39 Å². The van der Waals surface area contributed by atoms with Gasteiger partial charge < -0.3 is 11.1 Å². The van der Waals surface area contributed by atoms with Crippen molar-refractivity contribution in [1.82, 2.24) is 9.78 Å². The van der Waals surface area contributed by atoms with Crippen molar-refractivity contribution in [2.24, 2.45) is 10.7 Å². The van der Waals surface area contributed by atoms with Crippen LogP contribution in [0, 0.1) is 5.82 Å². The third-order valence-electron chi connectivity index (χ3n) is 3.43. The summed E-state index contributed by atoms with van der Waals surface area (Å²) in [5.74, 6) is 0.112. The van der Waals surface area contributed by atoms with Crippen molar-refractivity contribution in [2.45, 2.75) is 6.42 Å². The van der Waals surface area contributed by atoms with E-state index in [0.717, 1.165) is 17.1 Å². The van der Waals surface area contributed by atoms with Crippen molar-refractivity contribution in [1.29, 1.82) is 0 Å². The maximum atomic E-state index is 12.9. The molecule has 3 rings (SSSR count). The zero-order valence-corrected chi connectivity index (χ0v) is 15.8. The molecule has 0 spiro atoms. The molecule has 25 heavy (non-hydrogen) atoms. The molecule has 0 unspecified atom stereocenters. The second-order valence-electron chi connectivity index (χ2n) is 5.24. The average molecular weight is 451 g/mol. The summed E-state index contributed by atoms with van der Waals surface area (Å²) in [6.45, 7) is 0.534. The van der Waals surface area contributed by atoms with Crippen molar-refractivity contribution in [3.05, 3.63) is 78.4 Å². The molecule has 0 aliphatic carbocycles. The Morgan fingerprint density at radius 1 is 1.08 bits per heavy atom. The van der Waals surface area contributed by atoms with Crippen LogP contribution < -0.4 is 11.1 Å². The van der Waals surface area contributed by atoms with Crippen LogP contribution in [0.25, 0.3) is 5.69 Å². The van der Waals surface area contributed by atoms with Crippen LogP contribution in [0.15, 0.2) is 71.9 Å². The molecule has 5 nitrogen and oxygen atoms in total. The number of nitrogens with one attached hydrogen (secondary N) is 1. The van der Waals surface area contributed by atoms with Crippen LogP contribution in [0.3, 0.4) is 0 Å². The number of anilines is 1. The maximum Gasteiger partial charge on any atom is 0.193 e. The lowest BCUT2D eigenvalue weighted by molar-refractivity contribution is 0.627. The molecule has 1 heterocycles. The minimum Gasteiger partial charge on any atom is -0.370 e. The molecule has 0 aliphatic rings. The van der Waals surface area contributed by atoms with E-state index >= 15 is 0 Å². The Balaban J connectivity index is 0.00000225. The smallest absolute Gasteiger partial charge is 0.193 e. The van der Waals surface area contributed by atoms with Crippen molar-refractivity contribution in [2.75, 3.05) is 11.9 Å². The lowest BCUT2D eigenvalue weighted by Crippen LogP contribution is -2.23. The molecule has 0 saturated heterocycles. The first-order valence-corrected chi connectivity index (χ1v) is 7.63. The number of rotatable bonds is 5. The molecular formula is C18H19FIN5. The number of aromatic nitrogens is 2. The van der Waals surface area contributed by atoms with Gasteiger partial charge in [-0.05, 0) is 42.5 Å². The molecule has 130 valence electrons. The lowest BCUT2D eigenvalue weighted by Gasteiger charge is -2.04. The molecular weight excluding hydrogens is 432 g/mol. The summed E-state index contributed by atoms with van der Waals surface area (Å²) in [6.07, 6.45) is 2.52.